The van der Waals surface area contributed by atoms with Gasteiger partial charge in [0.05, 0.1) is 11.6 Å². The van der Waals surface area contributed by atoms with E-state index in [1.54, 1.807) is 0 Å². The van der Waals surface area contributed by atoms with Crippen LogP contribution in [-0.2, 0) is 0 Å². The van der Waals surface area contributed by atoms with Crippen LogP contribution in [0.15, 0.2) is 72.8 Å². The summed E-state index contributed by atoms with van der Waals surface area (Å²) in [5.41, 5.74) is 3.57. The van der Waals surface area contributed by atoms with Crippen LogP contribution in [0.1, 0.15) is 40.6 Å². The topological polar surface area (TPSA) is 50.8 Å². The Kier molecular flexibility index (Phi) is 4.35. The average Bonchev–Trinajstić information content (AvgIpc) is 2.79. The van der Waals surface area contributed by atoms with Gasteiger partial charge in [-0.3, -0.25) is 4.79 Å². The lowest BCUT2D eigenvalue weighted by molar-refractivity contribution is 0.0595. The SMILES string of the molecule is CC(c1ccccc1)N1C(=O)c2ccccc2NC1c1ccc2c(c1)OCCO2. The number of anilines is 1. The summed E-state index contributed by atoms with van der Waals surface area (Å²) < 4.78 is 11.4. The Morgan fingerprint density at radius 1 is 0.931 bits per heavy atom. The van der Waals surface area contributed by atoms with E-state index in [1.165, 1.54) is 0 Å². The molecule has 0 saturated carbocycles. The molecule has 2 heterocycles. The molecule has 3 aromatic rings. The molecule has 0 fully saturated rings. The van der Waals surface area contributed by atoms with Crippen molar-refractivity contribution >= 4 is 11.6 Å². The van der Waals surface area contributed by atoms with Crippen LogP contribution < -0.4 is 14.8 Å². The van der Waals surface area contributed by atoms with Crippen molar-refractivity contribution in [1.82, 2.24) is 4.90 Å². The molecule has 0 aromatic heterocycles. The van der Waals surface area contributed by atoms with E-state index in [9.17, 15) is 4.79 Å². The van der Waals surface area contributed by atoms with E-state index < -0.39 is 0 Å². The summed E-state index contributed by atoms with van der Waals surface area (Å²) in [4.78, 5) is 15.4. The summed E-state index contributed by atoms with van der Waals surface area (Å²) in [6.07, 6.45) is -0.316. The second-order valence-corrected chi connectivity index (χ2v) is 7.29. The van der Waals surface area contributed by atoms with Crippen molar-refractivity contribution in [3.8, 4) is 11.5 Å². The zero-order valence-corrected chi connectivity index (χ0v) is 16.2. The van der Waals surface area contributed by atoms with Gasteiger partial charge in [0.25, 0.3) is 5.91 Å². The average molecular weight is 386 g/mol. The molecule has 0 saturated heterocycles. The Bertz CT molecular complexity index is 1050. The number of benzene rings is 3. The summed E-state index contributed by atoms with van der Waals surface area (Å²) in [5.74, 6) is 1.47. The minimum absolute atomic E-state index is 0.00981. The highest BCUT2D eigenvalue weighted by Crippen LogP contribution is 2.41. The number of hydrogen-bond donors (Lipinski definition) is 1. The van der Waals surface area contributed by atoms with Crippen molar-refractivity contribution < 1.29 is 14.3 Å². The molecule has 5 nitrogen and oxygen atoms in total. The highest BCUT2D eigenvalue weighted by molar-refractivity contribution is 6.02. The molecule has 2 aliphatic rings. The Morgan fingerprint density at radius 2 is 1.66 bits per heavy atom. The van der Waals surface area contributed by atoms with Gasteiger partial charge >= 0.3 is 0 Å². The first-order valence-electron chi connectivity index (χ1n) is 9.85. The number of carbonyl (C=O) groups excluding carboxylic acids is 1. The van der Waals surface area contributed by atoms with Crippen LogP contribution in [0.4, 0.5) is 5.69 Å². The molecule has 2 unspecified atom stereocenters. The molecule has 5 heteroatoms. The predicted octanol–water partition coefficient (Wildman–Crippen LogP) is 4.79. The third-order valence-electron chi connectivity index (χ3n) is 5.54. The van der Waals surface area contributed by atoms with E-state index in [0.717, 1.165) is 22.6 Å². The van der Waals surface area contributed by atoms with Crippen LogP contribution in [0, 0.1) is 0 Å². The van der Waals surface area contributed by atoms with E-state index in [2.05, 4.69) is 24.4 Å². The molecular weight excluding hydrogens is 364 g/mol. The molecule has 5 rings (SSSR count). The van der Waals surface area contributed by atoms with Gasteiger partial charge < -0.3 is 19.7 Å². The smallest absolute Gasteiger partial charge is 0.258 e. The van der Waals surface area contributed by atoms with Crippen LogP contribution in [0.2, 0.25) is 0 Å². The molecule has 2 aliphatic heterocycles. The number of carbonyl (C=O) groups is 1. The number of ether oxygens (including phenoxy) is 2. The van der Waals surface area contributed by atoms with Gasteiger partial charge in [-0.1, -0.05) is 48.5 Å². The molecule has 0 bridgehead atoms. The zero-order valence-electron chi connectivity index (χ0n) is 16.2. The number of rotatable bonds is 3. The first-order valence-corrected chi connectivity index (χ1v) is 9.85. The minimum Gasteiger partial charge on any atom is -0.486 e. The standard InChI is InChI=1S/C24H22N2O3/c1-16(17-7-3-2-4-8-17)26-23(25-20-10-6-5-9-19(20)24(26)27)18-11-12-21-22(15-18)29-14-13-28-21/h2-12,15-16,23,25H,13-14H2,1H3. The maximum Gasteiger partial charge on any atom is 0.258 e. The lowest BCUT2D eigenvalue weighted by atomic mass is 9.98. The van der Waals surface area contributed by atoms with E-state index >= 15 is 0 Å². The molecule has 0 aliphatic carbocycles. The summed E-state index contributed by atoms with van der Waals surface area (Å²) in [7, 11) is 0. The van der Waals surface area contributed by atoms with Crippen molar-refractivity contribution in [2.24, 2.45) is 0 Å². The summed E-state index contributed by atoms with van der Waals surface area (Å²) >= 11 is 0. The molecule has 29 heavy (non-hydrogen) atoms. The molecule has 1 N–H and O–H groups in total. The first-order chi connectivity index (χ1) is 14.2. The minimum atomic E-state index is -0.316. The van der Waals surface area contributed by atoms with Crippen molar-refractivity contribution in [3.05, 3.63) is 89.5 Å². The van der Waals surface area contributed by atoms with Crippen molar-refractivity contribution in [3.63, 3.8) is 0 Å². The Hall–Kier alpha value is -3.47. The van der Waals surface area contributed by atoms with Crippen LogP contribution in [-0.4, -0.2) is 24.0 Å². The maximum atomic E-state index is 13.5. The molecule has 0 spiro atoms. The van der Waals surface area contributed by atoms with E-state index in [-0.39, 0.29) is 18.1 Å². The third-order valence-corrected chi connectivity index (χ3v) is 5.54. The lowest BCUT2D eigenvalue weighted by Gasteiger charge is -2.42. The molecule has 146 valence electrons. The van der Waals surface area contributed by atoms with E-state index in [0.29, 0.717) is 24.5 Å². The van der Waals surface area contributed by atoms with Gasteiger partial charge in [-0.2, -0.15) is 0 Å². The second-order valence-electron chi connectivity index (χ2n) is 7.29. The molecule has 3 aromatic carbocycles. The molecule has 0 radical (unpaired) electrons. The second kappa shape index (κ2) is 7.17. The van der Waals surface area contributed by atoms with E-state index in [4.69, 9.17) is 9.47 Å². The maximum absolute atomic E-state index is 13.5. The Balaban J connectivity index is 1.60. The van der Waals surface area contributed by atoms with Crippen LogP contribution in [0.3, 0.4) is 0 Å². The predicted molar refractivity (Wildman–Crippen MR) is 111 cm³/mol. The zero-order chi connectivity index (χ0) is 19.8. The number of para-hydroxylation sites is 1. The monoisotopic (exact) mass is 386 g/mol. The van der Waals surface area contributed by atoms with Crippen LogP contribution in [0.5, 0.6) is 11.5 Å². The highest BCUT2D eigenvalue weighted by atomic mass is 16.6. The van der Waals surface area contributed by atoms with Gasteiger partial charge in [0.2, 0.25) is 0 Å². The fourth-order valence-corrected chi connectivity index (χ4v) is 4.03. The van der Waals surface area contributed by atoms with Gasteiger partial charge in [0.1, 0.15) is 19.4 Å². The third kappa shape index (κ3) is 3.09. The summed E-state index contributed by atoms with van der Waals surface area (Å²) in [6, 6.07) is 23.5. The molecule has 2 atom stereocenters. The number of nitrogens with one attached hydrogen (secondary N) is 1. The molecule has 1 amide bonds. The van der Waals surface area contributed by atoms with Gasteiger partial charge in [0, 0.05) is 5.69 Å². The fourth-order valence-electron chi connectivity index (χ4n) is 4.03. The normalized spacial score (nSPS) is 18.6. The Labute approximate surface area is 169 Å². The van der Waals surface area contributed by atoms with Gasteiger partial charge in [-0.05, 0) is 42.3 Å². The number of amides is 1. The fraction of sp³-hybridized carbons (Fsp3) is 0.208. The van der Waals surface area contributed by atoms with E-state index in [1.807, 2.05) is 65.6 Å². The largest absolute Gasteiger partial charge is 0.486 e. The first kappa shape index (κ1) is 17.6. The lowest BCUT2D eigenvalue weighted by Crippen LogP contribution is -2.44. The number of fused-ring (bicyclic) bond motifs is 2. The quantitative estimate of drug-likeness (QED) is 0.703. The van der Waals surface area contributed by atoms with Crippen molar-refractivity contribution in [2.45, 2.75) is 19.1 Å². The van der Waals surface area contributed by atoms with Gasteiger partial charge in [0.15, 0.2) is 11.5 Å². The number of hydrogen-bond acceptors (Lipinski definition) is 4. The van der Waals surface area contributed by atoms with Crippen LogP contribution in [0.25, 0.3) is 0 Å². The van der Waals surface area contributed by atoms with Crippen molar-refractivity contribution in [2.75, 3.05) is 18.5 Å². The van der Waals surface area contributed by atoms with Gasteiger partial charge in [-0.25, -0.2) is 0 Å². The summed E-state index contributed by atoms with van der Waals surface area (Å²) in [5, 5.41) is 3.56. The Morgan fingerprint density at radius 3 is 2.48 bits per heavy atom. The highest BCUT2D eigenvalue weighted by Gasteiger charge is 2.36. The number of nitrogens with zero attached hydrogens (tertiary/aromatic N) is 1. The van der Waals surface area contributed by atoms with Crippen molar-refractivity contribution in [1.29, 1.82) is 0 Å². The molecular formula is C24H22N2O3. The summed E-state index contributed by atoms with van der Waals surface area (Å²) in [6.45, 7) is 3.14. The van der Waals surface area contributed by atoms with Gasteiger partial charge in [-0.15, -0.1) is 0 Å². The van der Waals surface area contributed by atoms with Crippen LogP contribution >= 0.6 is 0 Å².